The molecular weight excluding hydrogens is 398 g/mol. The van der Waals surface area contributed by atoms with Crippen molar-refractivity contribution in [1.82, 2.24) is 4.90 Å². The Bertz CT molecular complexity index is 911. The van der Waals surface area contributed by atoms with Crippen molar-refractivity contribution in [3.8, 4) is 11.5 Å². The molecule has 1 heterocycles. The van der Waals surface area contributed by atoms with Gasteiger partial charge in [-0.05, 0) is 61.5 Å². The molecule has 2 aromatic carbocycles. The van der Waals surface area contributed by atoms with Crippen molar-refractivity contribution >= 4 is 40.6 Å². The van der Waals surface area contributed by atoms with Gasteiger partial charge in [-0.1, -0.05) is 23.7 Å². The van der Waals surface area contributed by atoms with Gasteiger partial charge in [0.25, 0.3) is 11.1 Å². The van der Waals surface area contributed by atoms with E-state index >= 15 is 0 Å². The highest BCUT2D eigenvalue weighted by Crippen LogP contribution is 2.36. The Labute approximate surface area is 173 Å². The number of nitrogens with zero attached hydrogens (tertiary/aromatic N) is 1. The molecule has 28 heavy (non-hydrogen) atoms. The Morgan fingerprint density at radius 3 is 2.43 bits per heavy atom. The molecule has 146 valence electrons. The van der Waals surface area contributed by atoms with Gasteiger partial charge in [0.1, 0.15) is 11.5 Å². The zero-order valence-electron chi connectivity index (χ0n) is 15.6. The van der Waals surface area contributed by atoms with Gasteiger partial charge in [-0.3, -0.25) is 14.5 Å². The van der Waals surface area contributed by atoms with Crippen molar-refractivity contribution in [3.63, 3.8) is 0 Å². The SMILES string of the molecule is CCOc1ccc(/C=C2/SC(=O)N(Cc3ccc(Cl)cc3)C2=O)c(OCC)c1. The molecule has 0 aromatic heterocycles. The summed E-state index contributed by atoms with van der Waals surface area (Å²) >= 11 is 6.81. The molecule has 0 bridgehead atoms. The minimum Gasteiger partial charge on any atom is -0.494 e. The molecule has 1 aliphatic heterocycles. The van der Waals surface area contributed by atoms with Crippen LogP contribution in [0.3, 0.4) is 0 Å². The van der Waals surface area contributed by atoms with Crippen molar-refractivity contribution in [1.29, 1.82) is 0 Å². The average molecular weight is 418 g/mol. The number of amides is 2. The van der Waals surface area contributed by atoms with E-state index in [1.54, 1.807) is 36.4 Å². The van der Waals surface area contributed by atoms with Gasteiger partial charge in [-0.25, -0.2) is 0 Å². The van der Waals surface area contributed by atoms with E-state index in [1.807, 2.05) is 26.0 Å². The van der Waals surface area contributed by atoms with Crippen LogP contribution in [0.5, 0.6) is 11.5 Å². The summed E-state index contributed by atoms with van der Waals surface area (Å²) in [6.07, 6.45) is 1.69. The summed E-state index contributed by atoms with van der Waals surface area (Å²) in [4.78, 5) is 26.7. The van der Waals surface area contributed by atoms with Crippen LogP contribution in [-0.2, 0) is 11.3 Å². The number of hydrogen-bond donors (Lipinski definition) is 0. The van der Waals surface area contributed by atoms with Crippen LogP contribution < -0.4 is 9.47 Å². The van der Waals surface area contributed by atoms with E-state index in [0.29, 0.717) is 34.6 Å². The molecule has 0 saturated carbocycles. The molecule has 2 amide bonds. The topological polar surface area (TPSA) is 55.8 Å². The predicted octanol–water partition coefficient (Wildman–Crippen LogP) is 5.37. The number of thioether (sulfide) groups is 1. The minimum absolute atomic E-state index is 0.209. The summed E-state index contributed by atoms with van der Waals surface area (Å²) in [6, 6.07) is 12.5. The molecule has 1 fully saturated rings. The van der Waals surface area contributed by atoms with Gasteiger partial charge < -0.3 is 9.47 Å². The van der Waals surface area contributed by atoms with E-state index < -0.39 is 0 Å². The minimum atomic E-state index is -0.318. The Kier molecular flexibility index (Phi) is 6.65. The quantitative estimate of drug-likeness (QED) is 0.566. The third-order valence-electron chi connectivity index (χ3n) is 4.01. The van der Waals surface area contributed by atoms with Crippen molar-refractivity contribution in [2.45, 2.75) is 20.4 Å². The van der Waals surface area contributed by atoms with E-state index in [1.165, 1.54) is 4.90 Å². The molecule has 1 saturated heterocycles. The third-order valence-corrected chi connectivity index (χ3v) is 5.17. The van der Waals surface area contributed by atoms with Crippen LogP contribution in [0.4, 0.5) is 4.79 Å². The summed E-state index contributed by atoms with van der Waals surface area (Å²) in [5, 5.41) is 0.312. The van der Waals surface area contributed by atoms with Crippen molar-refractivity contribution < 1.29 is 19.1 Å². The lowest BCUT2D eigenvalue weighted by molar-refractivity contribution is -0.123. The lowest BCUT2D eigenvalue weighted by Crippen LogP contribution is -2.27. The van der Waals surface area contributed by atoms with Gasteiger partial charge in [0.15, 0.2) is 0 Å². The van der Waals surface area contributed by atoms with Gasteiger partial charge in [0, 0.05) is 16.7 Å². The molecule has 0 N–H and O–H groups in total. The molecule has 1 aliphatic rings. The summed E-state index contributed by atoms with van der Waals surface area (Å²) < 4.78 is 11.2. The van der Waals surface area contributed by atoms with E-state index in [4.69, 9.17) is 21.1 Å². The van der Waals surface area contributed by atoms with Crippen LogP contribution in [-0.4, -0.2) is 29.3 Å². The average Bonchev–Trinajstić information content (AvgIpc) is 2.93. The molecule has 7 heteroatoms. The fourth-order valence-electron chi connectivity index (χ4n) is 2.72. The van der Waals surface area contributed by atoms with Crippen LogP contribution in [0.15, 0.2) is 47.4 Å². The first-order valence-corrected chi connectivity index (χ1v) is 10.1. The lowest BCUT2D eigenvalue weighted by atomic mass is 10.1. The number of ether oxygens (including phenoxy) is 2. The zero-order chi connectivity index (χ0) is 20.1. The maximum absolute atomic E-state index is 12.8. The highest BCUT2D eigenvalue weighted by Gasteiger charge is 2.35. The van der Waals surface area contributed by atoms with E-state index in [9.17, 15) is 9.59 Å². The Hall–Kier alpha value is -2.44. The number of benzene rings is 2. The molecule has 0 unspecified atom stereocenters. The fourth-order valence-corrected chi connectivity index (χ4v) is 3.68. The first-order valence-electron chi connectivity index (χ1n) is 8.91. The van der Waals surface area contributed by atoms with E-state index in [2.05, 4.69) is 0 Å². The second-order valence-corrected chi connectivity index (χ2v) is 7.39. The summed E-state index contributed by atoms with van der Waals surface area (Å²) in [5.41, 5.74) is 1.56. The largest absolute Gasteiger partial charge is 0.494 e. The number of carbonyl (C=O) groups is 2. The smallest absolute Gasteiger partial charge is 0.293 e. The highest BCUT2D eigenvalue weighted by molar-refractivity contribution is 8.18. The van der Waals surface area contributed by atoms with Crippen molar-refractivity contribution in [3.05, 3.63) is 63.5 Å². The second kappa shape index (κ2) is 9.17. The van der Waals surface area contributed by atoms with E-state index in [-0.39, 0.29) is 17.7 Å². The molecule has 0 atom stereocenters. The molecule has 0 radical (unpaired) electrons. The van der Waals surface area contributed by atoms with Crippen LogP contribution in [0.1, 0.15) is 25.0 Å². The lowest BCUT2D eigenvalue weighted by Gasteiger charge is -2.12. The van der Waals surface area contributed by atoms with Crippen LogP contribution in [0.25, 0.3) is 6.08 Å². The summed E-state index contributed by atoms with van der Waals surface area (Å²) in [5.74, 6) is 0.984. The Morgan fingerprint density at radius 2 is 1.75 bits per heavy atom. The maximum atomic E-state index is 12.8. The molecule has 3 rings (SSSR count). The zero-order valence-corrected chi connectivity index (χ0v) is 17.2. The van der Waals surface area contributed by atoms with Gasteiger partial charge >= 0.3 is 0 Å². The first kappa shape index (κ1) is 20.3. The summed E-state index contributed by atoms with van der Waals surface area (Å²) in [7, 11) is 0. The van der Waals surface area contributed by atoms with Crippen LogP contribution >= 0.6 is 23.4 Å². The highest BCUT2D eigenvalue weighted by atomic mass is 35.5. The van der Waals surface area contributed by atoms with Crippen molar-refractivity contribution in [2.24, 2.45) is 0 Å². The molecule has 0 aliphatic carbocycles. The van der Waals surface area contributed by atoms with Crippen molar-refractivity contribution in [2.75, 3.05) is 13.2 Å². The van der Waals surface area contributed by atoms with E-state index in [0.717, 1.165) is 22.9 Å². The second-order valence-electron chi connectivity index (χ2n) is 5.96. The first-order chi connectivity index (χ1) is 13.5. The standard InChI is InChI=1S/C21H20ClNO4S/c1-3-26-17-10-7-15(18(12-17)27-4-2)11-19-20(24)23(21(25)28-19)13-14-5-8-16(22)9-6-14/h5-12H,3-4,13H2,1-2H3/b19-11+. The maximum Gasteiger partial charge on any atom is 0.293 e. The van der Waals surface area contributed by atoms with Gasteiger partial charge in [0.2, 0.25) is 0 Å². The Balaban J connectivity index is 1.83. The number of rotatable bonds is 7. The Morgan fingerprint density at radius 1 is 1.04 bits per heavy atom. The van der Waals surface area contributed by atoms with Gasteiger partial charge in [0.05, 0.1) is 24.7 Å². The summed E-state index contributed by atoms with van der Waals surface area (Å²) in [6.45, 7) is 5.03. The predicted molar refractivity (Wildman–Crippen MR) is 112 cm³/mol. The number of hydrogen-bond acceptors (Lipinski definition) is 5. The van der Waals surface area contributed by atoms with Crippen LogP contribution in [0.2, 0.25) is 5.02 Å². The number of carbonyl (C=O) groups excluding carboxylic acids is 2. The van der Waals surface area contributed by atoms with Gasteiger partial charge in [-0.15, -0.1) is 0 Å². The van der Waals surface area contributed by atoms with Crippen LogP contribution in [0, 0.1) is 0 Å². The van der Waals surface area contributed by atoms with Gasteiger partial charge in [-0.2, -0.15) is 0 Å². The molecular formula is C21H20ClNO4S. The molecule has 2 aromatic rings. The fraction of sp³-hybridized carbons (Fsp3) is 0.238. The monoisotopic (exact) mass is 417 g/mol. The number of imide groups is 1. The molecule has 0 spiro atoms. The molecule has 5 nitrogen and oxygen atoms in total. The number of halogens is 1. The normalized spacial score (nSPS) is 15.4. The third kappa shape index (κ3) is 4.69.